The van der Waals surface area contributed by atoms with Crippen LogP contribution in [0.25, 0.3) is 11.4 Å². The van der Waals surface area contributed by atoms with Gasteiger partial charge in [-0.05, 0) is 42.9 Å². The molecule has 164 valence electrons. The van der Waals surface area contributed by atoms with Crippen LogP contribution in [0.1, 0.15) is 35.6 Å². The molecule has 9 heteroatoms. The number of halogens is 3. The Balaban J connectivity index is 2.23. The topological polar surface area (TPSA) is 60.2 Å². The third-order valence-electron chi connectivity index (χ3n) is 4.99. The van der Waals surface area contributed by atoms with E-state index in [1.807, 2.05) is 0 Å². The minimum atomic E-state index is -0.478. The number of pyridine rings is 1. The molecule has 3 aromatic rings. The molecule has 0 aliphatic rings. The lowest BCUT2D eigenvalue weighted by Crippen LogP contribution is -2.24. The number of ether oxygens (including phenoxy) is 1. The normalized spacial score (nSPS) is 11.2. The predicted molar refractivity (Wildman–Crippen MR) is 124 cm³/mol. The molecule has 0 aliphatic heterocycles. The number of methoxy groups -OCH3 is 1. The molecule has 0 radical (unpaired) electrons. The lowest BCUT2D eigenvalue weighted by atomic mass is 10.2. The summed E-state index contributed by atoms with van der Waals surface area (Å²) in [6.07, 6.45) is 3.21. The van der Waals surface area contributed by atoms with E-state index in [0.29, 0.717) is 44.4 Å². The van der Waals surface area contributed by atoms with E-state index in [0.717, 1.165) is 18.7 Å². The van der Waals surface area contributed by atoms with E-state index in [9.17, 15) is 4.79 Å². The molecule has 0 aliphatic carbocycles. The summed E-state index contributed by atoms with van der Waals surface area (Å²) < 4.78 is 6.90. The maximum absolute atomic E-state index is 12.9. The lowest BCUT2D eigenvalue weighted by Gasteiger charge is -2.17. The van der Waals surface area contributed by atoms with Gasteiger partial charge in [0.25, 0.3) is 0 Å². The van der Waals surface area contributed by atoms with Gasteiger partial charge in [-0.2, -0.15) is 0 Å². The molecule has 0 N–H and O–H groups in total. The molecule has 1 aromatic carbocycles. The van der Waals surface area contributed by atoms with Crippen molar-refractivity contribution < 1.29 is 9.53 Å². The van der Waals surface area contributed by atoms with Crippen molar-refractivity contribution in [3.63, 3.8) is 0 Å². The molecule has 3 rings (SSSR count). The Morgan fingerprint density at radius 1 is 1.10 bits per heavy atom. The van der Waals surface area contributed by atoms with Gasteiger partial charge >= 0.3 is 5.97 Å². The van der Waals surface area contributed by atoms with Crippen LogP contribution >= 0.6 is 34.8 Å². The molecular formula is C22H23Cl3N4O2. The van der Waals surface area contributed by atoms with Crippen LogP contribution in [0.2, 0.25) is 15.1 Å². The molecule has 0 bridgehead atoms. The first-order chi connectivity index (χ1) is 14.9. The molecule has 0 saturated heterocycles. The van der Waals surface area contributed by atoms with Gasteiger partial charge in [-0.25, -0.2) is 9.78 Å². The van der Waals surface area contributed by atoms with Gasteiger partial charge in [0.15, 0.2) is 5.69 Å². The number of carbonyl (C=O) groups is 1. The summed E-state index contributed by atoms with van der Waals surface area (Å²) >= 11 is 18.8. The first-order valence-electron chi connectivity index (χ1n) is 9.82. The van der Waals surface area contributed by atoms with E-state index >= 15 is 0 Å². The fourth-order valence-electron chi connectivity index (χ4n) is 3.34. The second-order valence-corrected chi connectivity index (χ2v) is 8.18. The molecule has 0 unspecified atom stereocenters. The summed E-state index contributed by atoms with van der Waals surface area (Å²) in [5.74, 6) is 0.0719. The van der Waals surface area contributed by atoms with Gasteiger partial charge in [0.05, 0.1) is 24.4 Å². The molecule has 0 fully saturated rings. The maximum Gasteiger partial charge on any atom is 0.356 e. The molecule has 31 heavy (non-hydrogen) atoms. The SMILES string of the molecule is CCN(CC)Cc1nc(-c2cncc(Cl)c2)n(Cc2cc(Cl)ccc2Cl)c1C(=O)OC. The minimum absolute atomic E-state index is 0.275. The van der Waals surface area contributed by atoms with Crippen LogP contribution in [0.5, 0.6) is 0 Å². The number of carbonyl (C=O) groups excluding carboxylic acids is 1. The second-order valence-electron chi connectivity index (χ2n) is 6.90. The van der Waals surface area contributed by atoms with Gasteiger partial charge in [-0.15, -0.1) is 0 Å². The van der Waals surface area contributed by atoms with Crippen molar-refractivity contribution in [3.8, 4) is 11.4 Å². The third-order valence-corrected chi connectivity index (χ3v) is 5.80. The van der Waals surface area contributed by atoms with Crippen LogP contribution < -0.4 is 0 Å². The summed E-state index contributed by atoms with van der Waals surface area (Å²) in [5.41, 5.74) is 2.41. The summed E-state index contributed by atoms with van der Waals surface area (Å²) in [4.78, 5) is 24.0. The van der Waals surface area contributed by atoms with Gasteiger partial charge in [0.2, 0.25) is 0 Å². The zero-order valence-corrected chi connectivity index (χ0v) is 19.8. The summed E-state index contributed by atoms with van der Waals surface area (Å²) in [7, 11) is 1.36. The highest BCUT2D eigenvalue weighted by Gasteiger charge is 2.26. The van der Waals surface area contributed by atoms with E-state index in [1.165, 1.54) is 7.11 Å². The lowest BCUT2D eigenvalue weighted by molar-refractivity contribution is 0.0586. The van der Waals surface area contributed by atoms with Crippen molar-refractivity contribution in [2.75, 3.05) is 20.2 Å². The third kappa shape index (κ3) is 5.39. The van der Waals surface area contributed by atoms with E-state index in [-0.39, 0.29) is 6.54 Å². The maximum atomic E-state index is 12.9. The summed E-state index contributed by atoms with van der Waals surface area (Å²) in [6, 6.07) is 6.98. The average molecular weight is 482 g/mol. The van der Waals surface area contributed by atoms with E-state index in [4.69, 9.17) is 44.5 Å². The number of imidazole rings is 1. The first-order valence-corrected chi connectivity index (χ1v) is 11.0. The average Bonchev–Trinajstić information content (AvgIpc) is 3.11. The fraction of sp³-hybridized carbons (Fsp3) is 0.318. The highest BCUT2D eigenvalue weighted by atomic mass is 35.5. The van der Waals surface area contributed by atoms with Crippen molar-refractivity contribution in [1.82, 2.24) is 19.4 Å². The Hall–Kier alpha value is -2.12. The van der Waals surface area contributed by atoms with Crippen molar-refractivity contribution in [2.45, 2.75) is 26.9 Å². The Labute approximate surface area is 196 Å². The molecular weight excluding hydrogens is 459 g/mol. The van der Waals surface area contributed by atoms with Crippen LogP contribution in [0, 0.1) is 0 Å². The van der Waals surface area contributed by atoms with Crippen LogP contribution in [0.3, 0.4) is 0 Å². The monoisotopic (exact) mass is 480 g/mol. The number of benzene rings is 1. The zero-order chi connectivity index (χ0) is 22.5. The van der Waals surface area contributed by atoms with Gasteiger partial charge in [0, 0.05) is 34.5 Å². The van der Waals surface area contributed by atoms with Gasteiger partial charge in [0.1, 0.15) is 5.82 Å². The molecule has 0 amide bonds. The minimum Gasteiger partial charge on any atom is -0.464 e. The van der Waals surface area contributed by atoms with Gasteiger partial charge in [-0.3, -0.25) is 9.88 Å². The zero-order valence-electron chi connectivity index (χ0n) is 17.5. The van der Waals surface area contributed by atoms with Gasteiger partial charge in [-0.1, -0.05) is 48.7 Å². The van der Waals surface area contributed by atoms with Crippen molar-refractivity contribution in [2.24, 2.45) is 0 Å². The quantitative estimate of drug-likeness (QED) is 0.393. The predicted octanol–water partition coefficient (Wildman–Crippen LogP) is 5.58. The van der Waals surface area contributed by atoms with Crippen LogP contribution in [0.4, 0.5) is 0 Å². The standard InChI is InChI=1S/C22H23Cl3N4O2/c1-4-28(5-2)13-19-20(22(30)31-3)29(12-15-9-16(23)6-7-18(15)25)21(27-19)14-8-17(24)11-26-10-14/h6-11H,4-5,12-13H2,1-3H3. The summed E-state index contributed by atoms with van der Waals surface area (Å²) in [6.45, 7) is 6.53. The van der Waals surface area contributed by atoms with Gasteiger partial charge < -0.3 is 9.30 Å². The number of hydrogen-bond acceptors (Lipinski definition) is 5. The Morgan fingerprint density at radius 2 is 1.84 bits per heavy atom. The Morgan fingerprint density at radius 3 is 2.48 bits per heavy atom. The molecule has 2 aromatic heterocycles. The Bertz CT molecular complexity index is 1080. The largest absolute Gasteiger partial charge is 0.464 e. The second kappa shape index (κ2) is 10.5. The van der Waals surface area contributed by atoms with E-state index in [2.05, 4.69) is 23.7 Å². The molecule has 0 saturated carbocycles. The Kier molecular flexibility index (Phi) is 7.94. The van der Waals surface area contributed by atoms with Crippen molar-refractivity contribution in [3.05, 3.63) is 68.7 Å². The highest BCUT2D eigenvalue weighted by Crippen LogP contribution is 2.29. The molecule has 0 spiro atoms. The first kappa shape index (κ1) is 23.5. The number of nitrogens with zero attached hydrogens (tertiary/aromatic N) is 4. The molecule has 2 heterocycles. The smallest absolute Gasteiger partial charge is 0.356 e. The highest BCUT2D eigenvalue weighted by molar-refractivity contribution is 6.33. The molecule has 0 atom stereocenters. The fourth-order valence-corrected chi connectivity index (χ4v) is 3.89. The number of esters is 1. The van der Waals surface area contributed by atoms with Crippen LogP contribution in [0.15, 0.2) is 36.7 Å². The summed E-state index contributed by atoms with van der Waals surface area (Å²) in [5, 5.41) is 1.56. The number of aromatic nitrogens is 3. The van der Waals surface area contributed by atoms with Crippen molar-refractivity contribution >= 4 is 40.8 Å². The molecule has 6 nitrogen and oxygen atoms in total. The van der Waals surface area contributed by atoms with Crippen LogP contribution in [-0.2, 0) is 17.8 Å². The number of rotatable bonds is 8. The van der Waals surface area contributed by atoms with Crippen molar-refractivity contribution in [1.29, 1.82) is 0 Å². The van der Waals surface area contributed by atoms with Crippen LogP contribution in [-0.4, -0.2) is 45.6 Å². The van der Waals surface area contributed by atoms with E-state index < -0.39 is 5.97 Å². The number of hydrogen-bond donors (Lipinski definition) is 0. The van der Waals surface area contributed by atoms with E-state index in [1.54, 1.807) is 41.2 Å².